The van der Waals surface area contributed by atoms with Gasteiger partial charge in [0.05, 0.1) is 12.2 Å². The van der Waals surface area contributed by atoms with Gasteiger partial charge >= 0.3 is 5.97 Å². The second-order valence-corrected chi connectivity index (χ2v) is 7.55. The van der Waals surface area contributed by atoms with E-state index in [2.05, 4.69) is 20.1 Å². The molecule has 0 aliphatic carbocycles. The summed E-state index contributed by atoms with van der Waals surface area (Å²) < 4.78 is 5.00. The summed E-state index contributed by atoms with van der Waals surface area (Å²) in [6, 6.07) is 10.1. The van der Waals surface area contributed by atoms with Crippen molar-refractivity contribution in [3.8, 4) is 0 Å². The molecule has 0 saturated carbocycles. The minimum absolute atomic E-state index is 0.0749. The number of hydrogen-bond acceptors (Lipinski definition) is 7. The number of primary amides is 1. The van der Waals surface area contributed by atoms with Crippen LogP contribution in [0.5, 0.6) is 0 Å². The van der Waals surface area contributed by atoms with Gasteiger partial charge in [0.1, 0.15) is 5.82 Å². The first-order chi connectivity index (χ1) is 15.5. The lowest BCUT2D eigenvalue weighted by Gasteiger charge is -2.22. The highest BCUT2D eigenvalue weighted by molar-refractivity contribution is 5.94. The van der Waals surface area contributed by atoms with Gasteiger partial charge < -0.3 is 25.6 Å². The van der Waals surface area contributed by atoms with E-state index in [4.69, 9.17) is 10.5 Å². The number of aromatic nitrogens is 1. The number of rotatable bonds is 8. The van der Waals surface area contributed by atoms with Crippen molar-refractivity contribution in [2.75, 3.05) is 49.5 Å². The molecule has 2 heterocycles. The summed E-state index contributed by atoms with van der Waals surface area (Å²) >= 11 is 0. The van der Waals surface area contributed by atoms with Crippen molar-refractivity contribution in [1.29, 1.82) is 0 Å². The summed E-state index contributed by atoms with van der Waals surface area (Å²) in [6.45, 7) is 6.15. The maximum atomic E-state index is 12.3. The normalized spacial score (nSPS) is 14.5. The van der Waals surface area contributed by atoms with Crippen molar-refractivity contribution in [2.24, 2.45) is 5.73 Å². The highest BCUT2D eigenvalue weighted by atomic mass is 16.5. The fourth-order valence-corrected chi connectivity index (χ4v) is 3.53. The Hall–Kier alpha value is -3.46. The van der Waals surface area contributed by atoms with Crippen LogP contribution in [0.3, 0.4) is 0 Å². The number of carbonyl (C=O) groups excluding carboxylic acids is 3. The molecule has 2 amide bonds. The summed E-state index contributed by atoms with van der Waals surface area (Å²) in [5, 5.41) is 2.85. The van der Waals surface area contributed by atoms with Gasteiger partial charge in [-0.1, -0.05) is 0 Å². The molecule has 0 atom stereocenters. The van der Waals surface area contributed by atoms with Gasteiger partial charge in [-0.3, -0.25) is 9.59 Å². The molecule has 1 saturated heterocycles. The molecule has 9 nitrogen and oxygen atoms in total. The van der Waals surface area contributed by atoms with Gasteiger partial charge in [0.2, 0.25) is 11.8 Å². The zero-order chi connectivity index (χ0) is 22.9. The number of pyridine rings is 1. The van der Waals surface area contributed by atoms with Gasteiger partial charge in [-0.05, 0) is 56.3 Å². The number of esters is 1. The zero-order valence-corrected chi connectivity index (χ0v) is 18.3. The molecule has 0 spiro atoms. The first kappa shape index (κ1) is 23.2. The van der Waals surface area contributed by atoms with Gasteiger partial charge in [0.15, 0.2) is 0 Å². The van der Waals surface area contributed by atoms with Crippen LogP contribution in [0.1, 0.15) is 40.5 Å². The molecule has 0 unspecified atom stereocenters. The van der Waals surface area contributed by atoms with Crippen LogP contribution in [0.2, 0.25) is 0 Å². The van der Waals surface area contributed by atoms with E-state index >= 15 is 0 Å². The van der Waals surface area contributed by atoms with Crippen molar-refractivity contribution in [3.63, 3.8) is 0 Å². The molecule has 3 N–H and O–H groups in total. The molecule has 1 aliphatic heterocycles. The third kappa shape index (κ3) is 6.52. The molecule has 32 heavy (non-hydrogen) atoms. The molecule has 3 rings (SSSR count). The average molecular weight is 440 g/mol. The number of nitrogens with one attached hydrogen (secondary N) is 1. The predicted octanol–water partition coefficient (Wildman–Crippen LogP) is 1.90. The third-order valence-electron chi connectivity index (χ3n) is 5.28. The van der Waals surface area contributed by atoms with Crippen molar-refractivity contribution in [3.05, 3.63) is 53.7 Å². The van der Waals surface area contributed by atoms with Gasteiger partial charge in [-0.25, -0.2) is 9.78 Å². The van der Waals surface area contributed by atoms with E-state index in [-0.39, 0.29) is 11.9 Å². The lowest BCUT2D eigenvalue weighted by Crippen LogP contribution is -2.33. The van der Waals surface area contributed by atoms with Crippen molar-refractivity contribution >= 4 is 29.3 Å². The molecular weight excluding hydrogens is 410 g/mol. The maximum absolute atomic E-state index is 12.3. The Morgan fingerprint density at radius 1 is 1.03 bits per heavy atom. The monoisotopic (exact) mass is 439 g/mol. The third-order valence-corrected chi connectivity index (χ3v) is 5.28. The van der Waals surface area contributed by atoms with E-state index in [0.29, 0.717) is 36.4 Å². The van der Waals surface area contributed by atoms with Crippen LogP contribution in [0, 0.1) is 0 Å². The summed E-state index contributed by atoms with van der Waals surface area (Å²) in [5.41, 5.74) is 6.72. The Morgan fingerprint density at radius 3 is 2.44 bits per heavy atom. The Morgan fingerprint density at radius 2 is 1.78 bits per heavy atom. The highest BCUT2D eigenvalue weighted by Crippen LogP contribution is 2.15. The van der Waals surface area contributed by atoms with Gasteiger partial charge in [0.25, 0.3) is 0 Å². The number of amides is 2. The lowest BCUT2D eigenvalue weighted by molar-refractivity contribution is -0.116. The SMILES string of the molecule is CCOC(=O)c1ccc(N2CCCN(CCC(=O)Nc3ccc(C(N)=O)cc3)CC2)nc1. The van der Waals surface area contributed by atoms with Crippen LogP contribution >= 0.6 is 0 Å². The quantitative estimate of drug-likeness (QED) is 0.603. The molecule has 9 heteroatoms. The first-order valence-corrected chi connectivity index (χ1v) is 10.8. The highest BCUT2D eigenvalue weighted by Gasteiger charge is 2.17. The number of anilines is 2. The number of hydrogen-bond donors (Lipinski definition) is 2. The Kier molecular flexibility index (Phi) is 8.15. The molecule has 1 aliphatic rings. The Balaban J connectivity index is 1.45. The second-order valence-electron chi connectivity index (χ2n) is 7.55. The molecule has 0 bridgehead atoms. The minimum atomic E-state index is -0.497. The zero-order valence-electron chi connectivity index (χ0n) is 18.3. The first-order valence-electron chi connectivity index (χ1n) is 10.8. The molecule has 1 aromatic carbocycles. The summed E-state index contributed by atoms with van der Waals surface area (Å²) in [4.78, 5) is 44.1. The fraction of sp³-hybridized carbons (Fsp3) is 0.391. The smallest absolute Gasteiger partial charge is 0.339 e. The Labute approximate surface area is 187 Å². The van der Waals surface area contributed by atoms with E-state index < -0.39 is 5.91 Å². The maximum Gasteiger partial charge on any atom is 0.339 e. The summed E-state index contributed by atoms with van der Waals surface area (Å²) in [7, 11) is 0. The second kappa shape index (κ2) is 11.2. The van der Waals surface area contributed by atoms with Crippen LogP contribution in [0.15, 0.2) is 42.6 Å². The molecule has 0 radical (unpaired) electrons. The van der Waals surface area contributed by atoms with Crippen LogP contribution < -0.4 is 16.0 Å². The molecule has 170 valence electrons. The number of ether oxygens (including phenoxy) is 1. The van der Waals surface area contributed by atoms with Gasteiger partial charge in [0, 0.05) is 50.0 Å². The molecule has 1 aromatic heterocycles. The Bertz CT molecular complexity index is 930. The fourth-order valence-electron chi connectivity index (χ4n) is 3.53. The van der Waals surface area contributed by atoms with Crippen molar-refractivity contribution in [2.45, 2.75) is 19.8 Å². The number of nitrogens with two attached hydrogens (primary N) is 1. The summed E-state index contributed by atoms with van der Waals surface area (Å²) in [5.74, 6) is -0.106. The molecule has 1 fully saturated rings. The van der Waals surface area contributed by atoms with Crippen molar-refractivity contribution in [1.82, 2.24) is 9.88 Å². The standard InChI is InChI=1S/C23H29N5O4/c1-2-32-23(31)18-6-9-20(25-16-18)28-12-3-11-27(14-15-28)13-10-21(29)26-19-7-4-17(5-8-19)22(24)30/h4-9,16H,2-3,10-15H2,1H3,(H2,24,30)(H,26,29). The van der Waals surface area contributed by atoms with Crippen LogP contribution in [-0.4, -0.2) is 67.0 Å². The number of nitrogens with zero attached hydrogens (tertiary/aromatic N) is 3. The topological polar surface area (TPSA) is 118 Å². The predicted molar refractivity (Wildman–Crippen MR) is 122 cm³/mol. The lowest BCUT2D eigenvalue weighted by atomic mass is 10.2. The van der Waals surface area contributed by atoms with Crippen LogP contribution in [-0.2, 0) is 9.53 Å². The summed E-state index contributed by atoms with van der Waals surface area (Å²) in [6.07, 6.45) is 2.89. The van der Waals surface area contributed by atoms with Gasteiger partial charge in [-0.15, -0.1) is 0 Å². The average Bonchev–Trinajstić information content (AvgIpc) is 3.04. The molecular formula is C23H29N5O4. The van der Waals surface area contributed by atoms with E-state index in [1.807, 2.05) is 6.07 Å². The van der Waals surface area contributed by atoms with Gasteiger partial charge in [-0.2, -0.15) is 0 Å². The minimum Gasteiger partial charge on any atom is -0.462 e. The molecule has 2 aromatic rings. The van der Waals surface area contributed by atoms with Crippen molar-refractivity contribution < 1.29 is 19.1 Å². The van der Waals surface area contributed by atoms with Crippen LogP contribution in [0.4, 0.5) is 11.5 Å². The largest absolute Gasteiger partial charge is 0.462 e. The van der Waals surface area contributed by atoms with E-state index in [9.17, 15) is 14.4 Å². The number of benzene rings is 1. The number of carbonyl (C=O) groups is 3. The van der Waals surface area contributed by atoms with E-state index in [1.54, 1.807) is 43.5 Å². The van der Waals surface area contributed by atoms with E-state index in [1.165, 1.54) is 0 Å². The van der Waals surface area contributed by atoms with E-state index in [0.717, 1.165) is 38.4 Å². The van der Waals surface area contributed by atoms with Crippen LogP contribution in [0.25, 0.3) is 0 Å².